The number of unbranched alkanes of at least 4 members (excludes halogenated alkanes) is 14. The molecule has 0 amide bonds. The smallest absolute Gasteiger partial charge is 0.233 e. The van der Waals surface area contributed by atoms with E-state index in [-0.39, 0.29) is 0 Å². The van der Waals surface area contributed by atoms with Crippen molar-refractivity contribution in [3.05, 3.63) is 0 Å². The van der Waals surface area contributed by atoms with Crippen LogP contribution >= 0.6 is 28.5 Å². The zero-order valence-electron chi connectivity index (χ0n) is 24.4. The molecule has 0 aromatic rings. The van der Waals surface area contributed by atoms with E-state index in [1.165, 1.54) is 77.0 Å². The van der Waals surface area contributed by atoms with Crippen LogP contribution in [-0.2, 0) is 12.5 Å². The lowest BCUT2D eigenvalue weighted by Gasteiger charge is -2.42. The van der Waals surface area contributed by atoms with Crippen molar-refractivity contribution in [2.75, 3.05) is 34.5 Å². The van der Waals surface area contributed by atoms with Gasteiger partial charge in [-0.2, -0.15) is 0 Å². The van der Waals surface area contributed by atoms with Crippen molar-refractivity contribution >= 4 is 28.5 Å². The summed E-state index contributed by atoms with van der Waals surface area (Å²) in [6, 6.07) is 0. The first kappa shape index (κ1) is 35.8. The molecule has 3 nitrogen and oxygen atoms in total. The first-order valence-corrected chi connectivity index (χ1v) is 20.6. The molecule has 0 spiro atoms. The van der Waals surface area contributed by atoms with Crippen LogP contribution in [0.25, 0.3) is 0 Å². The minimum absolute atomic E-state index is 0.746. The lowest BCUT2D eigenvalue weighted by Crippen LogP contribution is -2.17. The molecule has 35 heavy (non-hydrogen) atoms. The number of hydrogen-bond donors (Lipinski definition) is 0. The van der Waals surface area contributed by atoms with Crippen molar-refractivity contribution in [2.45, 2.75) is 144 Å². The largest absolute Gasteiger partial charge is 0.532 e. The summed E-state index contributed by atoms with van der Waals surface area (Å²) in [5, 5.41) is 0. The third-order valence-electron chi connectivity index (χ3n) is 7.34. The molecule has 7 heteroatoms. The highest BCUT2D eigenvalue weighted by molar-refractivity contribution is 8.33. The quantitative estimate of drug-likeness (QED) is 0.0779. The van der Waals surface area contributed by atoms with Gasteiger partial charge in [-0.25, -0.2) is 12.5 Å². The average Bonchev–Trinajstić information content (AvgIpc) is 2.85. The first-order valence-electron chi connectivity index (χ1n) is 15.0. The molecular weight excluding hydrogens is 498 g/mol. The van der Waals surface area contributed by atoms with Gasteiger partial charge >= 0.3 is 7.91 Å². The van der Waals surface area contributed by atoms with E-state index in [9.17, 15) is 4.57 Å². The van der Waals surface area contributed by atoms with E-state index in [2.05, 4.69) is 41.5 Å². The molecule has 0 radical (unpaired) electrons. The van der Waals surface area contributed by atoms with Gasteiger partial charge in [0.15, 0.2) is 0 Å². The molecule has 0 N–H and O–H groups in total. The Balaban J connectivity index is 4.70. The van der Waals surface area contributed by atoms with Crippen molar-refractivity contribution in [2.24, 2.45) is 0 Å². The molecule has 0 unspecified atom stereocenters. The van der Waals surface area contributed by atoms with Crippen LogP contribution < -0.4 is 0 Å². The topological polar surface area (TPSA) is 35.5 Å². The summed E-state index contributed by atoms with van der Waals surface area (Å²) in [6.45, 7) is 12.7. The SMILES string of the molecule is CCCCCCCCCCS(CC)(CC)OP(=O)(F)OS(CC)(CC)CCCCCCCCCC. The number of rotatable bonds is 26. The van der Waals surface area contributed by atoms with Crippen LogP contribution in [0, 0.1) is 0 Å². The molecule has 0 aromatic carbocycles. The monoisotopic (exact) mass is 560 g/mol. The lowest BCUT2D eigenvalue weighted by atomic mass is 10.1. The van der Waals surface area contributed by atoms with Crippen LogP contribution in [0.3, 0.4) is 0 Å². The van der Waals surface area contributed by atoms with Gasteiger partial charge in [0.25, 0.3) is 0 Å². The second-order valence-electron chi connectivity index (χ2n) is 10.0. The summed E-state index contributed by atoms with van der Waals surface area (Å²) in [6.07, 6.45) is 19.9. The van der Waals surface area contributed by atoms with Crippen LogP contribution in [0.5, 0.6) is 0 Å². The molecule has 0 aliphatic carbocycles. The second kappa shape index (κ2) is 21.7. The maximum absolute atomic E-state index is 15.5. The molecule has 0 heterocycles. The zero-order valence-corrected chi connectivity index (χ0v) is 27.0. The van der Waals surface area contributed by atoms with Crippen LogP contribution in [0.4, 0.5) is 4.20 Å². The summed E-state index contributed by atoms with van der Waals surface area (Å²) in [5.41, 5.74) is 0. The Labute approximate surface area is 223 Å². The van der Waals surface area contributed by atoms with Crippen LogP contribution in [0.15, 0.2) is 0 Å². The van der Waals surface area contributed by atoms with Gasteiger partial charge in [0.2, 0.25) is 0 Å². The van der Waals surface area contributed by atoms with Gasteiger partial charge in [0.1, 0.15) is 0 Å². The molecule has 0 saturated carbocycles. The van der Waals surface area contributed by atoms with Gasteiger partial charge in [-0.15, -0.1) is 24.8 Å². The Morgan fingerprint density at radius 3 is 1.00 bits per heavy atom. The number of hydrogen-bond acceptors (Lipinski definition) is 3. The Bertz CT molecular complexity index is 486. The molecule has 0 aromatic heterocycles. The number of halogens is 1. The van der Waals surface area contributed by atoms with Crippen LogP contribution in [0.1, 0.15) is 144 Å². The van der Waals surface area contributed by atoms with Gasteiger partial charge in [-0.3, -0.25) is 0 Å². The van der Waals surface area contributed by atoms with Gasteiger partial charge in [-0.1, -0.05) is 131 Å². The molecule has 0 bridgehead atoms. The van der Waals surface area contributed by atoms with Crippen LogP contribution in [0.2, 0.25) is 0 Å². The van der Waals surface area contributed by atoms with E-state index in [1.54, 1.807) is 0 Å². The molecule has 0 atom stereocenters. The van der Waals surface area contributed by atoms with Crippen molar-refractivity contribution in [1.82, 2.24) is 0 Å². The van der Waals surface area contributed by atoms with E-state index in [1.807, 2.05) is 0 Å². The third-order valence-corrected chi connectivity index (χ3v) is 17.6. The predicted octanol–water partition coefficient (Wildman–Crippen LogP) is 11.9. The highest BCUT2D eigenvalue weighted by Crippen LogP contribution is 2.72. The van der Waals surface area contributed by atoms with Gasteiger partial charge < -0.3 is 0 Å². The van der Waals surface area contributed by atoms with E-state index >= 15 is 4.20 Å². The van der Waals surface area contributed by atoms with Crippen LogP contribution in [-0.4, -0.2) is 34.5 Å². The maximum Gasteiger partial charge on any atom is 0.532 e. The van der Waals surface area contributed by atoms with Crippen molar-refractivity contribution in [3.63, 3.8) is 0 Å². The minimum Gasteiger partial charge on any atom is -0.233 e. The fraction of sp³-hybridized carbons (Fsp3) is 1.00. The predicted molar refractivity (Wildman–Crippen MR) is 163 cm³/mol. The summed E-state index contributed by atoms with van der Waals surface area (Å²) < 4.78 is 40.4. The van der Waals surface area contributed by atoms with E-state index in [0.29, 0.717) is 0 Å². The fourth-order valence-corrected chi connectivity index (χ4v) is 13.7. The van der Waals surface area contributed by atoms with E-state index < -0.39 is 28.5 Å². The van der Waals surface area contributed by atoms with E-state index in [4.69, 9.17) is 7.94 Å². The normalized spacial score (nSPS) is 13.9. The molecule has 0 fully saturated rings. The Morgan fingerprint density at radius 2 is 0.743 bits per heavy atom. The summed E-state index contributed by atoms with van der Waals surface area (Å²) >= 11 is 0. The van der Waals surface area contributed by atoms with Gasteiger partial charge in [0.05, 0.1) is 0 Å². The Hall–Kier alpha value is 0.780. The van der Waals surface area contributed by atoms with Crippen molar-refractivity contribution in [1.29, 1.82) is 0 Å². The van der Waals surface area contributed by atoms with Crippen molar-refractivity contribution in [3.8, 4) is 0 Å². The molecule has 0 aliphatic heterocycles. The van der Waals surface area contributed by atoms with Gasteiger partial charge in [0, 0.05) is 0 Å². The Kier molecular flexibility index (Phi) is 22.2. The molecule has 216 valence electrons. The second-order valence-corrected chi connectivity index (χ2v) is 19.1. The highest BCUT2D eigenvalue weighted by Gasteiger charge is 2.40. The Morgan fingerprint density at radius 1 is 0.486 bits per heavy atom. The maximum atomic E-state index is 15.5. The van der Waals surface area contributed by atoms with Gasteiger partial charge in [-0.05, 0) is 47.4 Å². The third kappa shape index (κ3) is 17.1. The van der Waals surface area contributed by atoms with Crippen molar-refractivity contribution < 1.29 is 16.7 Å². The lowest BCUT2D eigenvalue weighted by molar-refractivity contribution is 0.365. The molecule has 0 aliphatic rings. The highest BCUT2D eigenvalue weighted by atomic mass is 32.3. The standard InChI is InChI=1S/C28H62FO3PS2/c1-7-13-15-17-19-21-23-25-27-34(9-3,10-4)31-33(29,30)32-35(11-5,12-6)28-26-24-22-20-18-16-14-8-2/h7-28H2,1-6H3. The average molecular weight is 561 g/mol. The molecule has 0 rings (SSSR count). The zero-order chi connectivity index (χ0) is 26.5. The molecule has 0 saturated heterocycles. The molecular formula is C28H62FO3PS2. The fourth-order valence-electron chi connectivity index (χ4n) is 4.66. The first-order chi connectivity index (χ1) is 16.8. The summed E-state index contributed by atoms with van der Waals surface area (Å²) in [7, 11) is -8.00. The summed E-state index contributed by atoms with van der Waals surface area (Å²) in [5.74, 6) is 4.66. The van der Waals surface area contributed by atoms with E-state index in [0.717, 1.165) is 60.2 Å². The minimum atomic E-state index is -4.58. The summed E-state index contributed by atoms with van der Waals surface area (Å²) in [4.78, 5) is 0.